The maximum atomic E-state index is 14.0. The van der Waals surface area contributed by atoms with Crippen LogP contribution >= 0.6 is 0 Å². The van der Waals surface area contributed by atoms with Crippen molar-refractivity contribution < 1.29 is 63.6 Å². The van der Waals surface area contributed by atoms with E-state index in [1.54, 1.807) is 30.3 Å². The van der Waals surface area contributed by atoms with Gasteiger partial charge in [-0.2, -0.15) is 0 Å². The number of hydrogen-bond acceptors (Lipinski definition) is 15. The normalized spacial score (nSPS) is 14.0. The summed E-state index contributed by atoms with van der Waals surface area (Å²) in [5.41, 5.74) is 17.9. The van der Waals surface area contributed by atoms with Crippen LogP contribution in [0, 0.1) is 0 Å². The Morgan fingerprint density at radius 3 is 1.49 bits per heavy atom. The highest BCUT2D eigenvalue weighted by Gasteiger charge is 2.32. The van der Waals surface area contributed by atoms with E-state index >= 15 is 0 Å². The molecular weight excluding hydrogens is 879 g/mol. The molecule has 0 aliphatic heterocycles. The number of benzene rings is 2. The third-order valence-electron chi connectivity index (χ3n) is 10.0. The van der Waals surface area contributed by atoms with Gasteiger partial charge in [-0.1, -0.05) is 42.5 Å². The van der Waals surface area contributed by atoms with Crippen LogP contribution in [0.2, 0.25) is 0 Å². The molecular formula is C43H65N11O13. The van der Waals surface area contributed by atoms with Crippen molar-refractivity contribution in [1.82, 2.24) is 42.5 Å². The fourth-order valence-corrected chi connectivity index (χ4v) is 6.26. The third-order valence-corrected chi connectivity index (χ3v) is 10.0. The number of unbranched alkanes of at least 4 members (excludes halogenated alkanes) is 2. The highest BCUT2D eigenvalue weighted by molar-refractivity contribution is 5.97. The molecule has 24 heteroatoms. The summed E-state index contributed by atoms with van der Waals surface area (Å²) < 4.78 is 0. The summed E-state index contributed by atoms with van der Waals surface area (Å²) >= 11 is 0. The summed E-state index contributed by atoms with van der Waals surface area (Å²) in [4.78, 5) is 117. The molecule has 18 N–H and O–H groups in total. The Kier molecular flexibility index (Phi) is 25.6. The number of carbonyl (C=O) groups is 9. The Morgan fingerprint density at radius 2 is 0.985 bits per heavy atom. The van der Waals surface area contributed by atoms with Crippen LogP contribution in [0.25, 0.3) is 0 Å². The summed E-state index contributed by atoms with van der Waals surface area (Å²) in [7, 11) is 0. The number of aromatic hydroxyl groups is 1. The molecule has 8 amide bonds. The van der Waals surface area contributed by atoms with Crippen molar-refractivity contribution in [1.29, 1.82) is 0 Å². The van der Waals surface area contributed by atoms with Crippen LogP contribution in [0.15, 0.2) is 54.6 Å². The Labute approximate surface area is 387 Å². The Hall–Kier alpha value is -6.73. The number of nitrogens with two attached hydrogens (primary N) is 3. The van der Waals surface area contributed by atoms with Crippen molar-refractivity contribution in [2.45, 2.75) is 101 Å². The number of phenolic OH excluding ortho intramolecular Hbond substituents is 1. The van der Waals surface area contributed by atoms with Gasteiger partial charge in [-0.15, -0.1) is 0 Å². The molecule has 0 heterocycles. The van der Waals surface area contributed by atoms with E-state index in [1.807, 2.05) is 0 Å². The molecule has 2 rings (SSSR count). The van der Waals surface area contributed by atoms with Gasteiger partial charge < -0.3 is 80.2 Å². The number of aliphatic hydroxyl groups is 2. The van der Waals surface area contributed by atoms with Gasteiger partial charge in [0.05, 0.1) is 19.8 Å². The number of aliphatic carboxylic acids is 1. The summed E-state index contributed by atoms with van der Waals surface area (Å²) in [6.07, 6.45) is 1.42. The summed E-state index contributed by atoms with van der Waals surface area (Å²) in [5.74, 6) is -8.22. The second-order valence-electron chi connectivity index (χ2n) is 15.5. The molecule has 0 saturated carbocycles. The molecule has 24 nitrogen and oxygen atoms in total. The minimum Gasteiger partial charge on any atom is -0.508 e. The van der Waals surface area contributed by atoms with Gasteiger partial charge in [-0.25, -0.2) is 0 Å². The van der Waals surface area contributed by atoms with E-state index in [0.29, 0.717) is 36.8 Å². The second kappa shape index (κ2) is 30.5. The number of amides is 8. The van der Waals surface area contributed by atoms with Crippen LogP contribution in [0.5, 0.6) is 5.75 Å². The molecule has 0 bridgehead atoms. The van der Waals surface area contributed by atoms with Crippen molar-refractivity contribution in [3.63, 3.8) is 0 Å². The van der Waals surface area contributed by atoms with Crippen LogP contribution in [0.4, 0.5) is 0 Å². The summed E-state index contributed by atoms with van der Waals surface area (Å²) in [6.45, 7) is -1.21. The van der Waals surface area contributed by atoms with Gasteiger partial charge in [-0.05, 0) is 81.8 Å². The first-order valence-corrected chi connectivity index (χ1v) is 21.7. The SMILES string of the molecule is C[C@H](NC(=O)[C@@H](N)CO)C(=O)N[C@@H](CCCCN)C(=O)N[C@@H](CO)C(=O)N[C@@H](CCCCN)C(=O)N[C@@H](Cc1ccccc1)C(=O)NCC(=O)N[C@@H](Cc1ccc(O)cc1)C(=O)NCC(=O)O. The number of aliphatic hydroxyl groups excluding tert-OH is 2. The summed E-state index contributed by atoms with van der Waals surface area (Å²) in [6, 6.07) is 4.84. The minimum absolute atomic E-state index is 0.00334. The Bertz CT molecular complexity index is 1940. The molecule has 370 valence electrons. The number of rotatable bonds is 31. The van der Waals surface area contributed by atoms with Gasteiger partial charge in [-0.3, -0.25) is 43.2 Å². The zero-order chi connectivity index (χ0) is 49.9. The quantitative estimate of drug-likeness (QED) is 0.0315. The fourth-order valence-electron chi connectivity index (χ4n) is 6.26. The first-order valence-electron chi connectivity index (χ1n) is 21.7. The van der Waals surface area contributed by atoms with Gasteiger partial charge in [0.25, 0.3) is 0 Å². The van der Waals surface area contributed by atoms with E-state index in [2.05, 4.69) is 42.5 Å². The number of carboxylic acid groups (broad SMARTS) is 1. The minimum atomic E-state index is -1.64. The predicted molar refractivity (Wildman–Crippen MR) is 241 cm³/mol. The molecule has 0 spiro atoms. The van der Waals surface area contributed by atoms with E-state index in [4.69, 9.17) is 27.4 Å². The van der Waals surface area contributed by atoms with Gasteiger partial charge in [0.1, 0.15) is 54.6 Å². The zero-order valence-corrected chi connectivity index (χ0v) is 37.3. The average molecular weight is 944 g/mol. The average Bonchev–Trinajstić information content (AvgIpc) is 3.30. The van der Waals surface area contributed by atoms with Crippen LogP contribution in [-0.2, 0) is 56.0 Å². The van der Waals surface area contributed by atoms with Crippen molar-refractivity contribution in [3.8, 4) is 5.75 Å². The largest absolute Gasteiger partial charge is 0.508 e. The fraction of sp³-hybridized carbons (Fsp3) is 0.512. The molecule has 67 heavy (non-hydrogen) atoms. The monoisotopic (exact) mass is 943 g/mol. The molecule has 0 aliphatic rings. The van der Waals surface area contributed by atoms with Crippen molar-refractivity contribution >= 4 is 53.2 Å². The lowest BCUT2D eigenvalue weighted by Gasteiger charge is -2.26. The lowest BCUT2D eigenvalue weighted by molar-refractivity contribution is -0.138. The number of hydrogen-bond donors (Lipinski definition) is 15. The van der Waals surface area contributed by atoms with Gasteiger partial charge >= 0.3 is 5.97 Å². The molecule has 0 aromatic heterocycles. The Morgan fingerprint density at radius 1 is 0.522 bits per heavy atom. The first-order chi connectivity index (χ1) is 31.9. The number of phenols is 1. The lowest BCUT2D eigenvalue weighted by atomic mass is 10.0. The van der Waals surface area contributed by atoms with Crippen LogP contribution in [0.1, 0.15) is 56.6 Å². The van der Waals surface area contributed by atoms with Gasteiger partial charge in [0.15, 0.2) is 0 Å². The van der Waals surface area contributed by atoms with Crippen molar-refractivity contribution in [2.75, 3.05) is 39.4 Å². The molecule has 0 unspecified atom stereocenters. The smallest absolute Gasteiger partial charge is 0.322 e. The van der Waals surface area contributed by atoms with E-state index in [-0.39, 0.29) is 44.5 Å². The number of carbonyl (C=O) groups excluding carboxylic acids is 8. The van der Waals surface area contributed by atoms with Crippen LogP contribution in [0.3, 0.4) is 0 Å². The molecule has 0 fully saturated rings. The van der Waals surface area contributed by atoms with Crippen LogP contribution in [-0.4, -0.2) is 155 Å². The van der Waals surface area contributed by atoms with E-state index in [1.165, 1.54) is 31.2 Å². The summed E-state index contributed by atoms with van der Waals surface area (Å²) in [5, 5.41) is 57.5. The van der Waals surface area contributed by atoms with Gasteiger partial charge in [0.2, 0.25) is 47.3 Å². The van der Waals surface area contributed by atoms with E-state index in [0.717, 1.165) is 0 Å². The molecule has 0 saturated heterocycles. The molecule has 2 aromatic rings. The van der Waals surface area contributed by atoms with Crippen LogP contribution < -0.4 is 59.7 Å². The number of nitrogens with one attached hydrogen (secondary N) is 8. The van der Waals surface area contributed by atoms with E-state index < -0.39 is 122 Å². The van der Waals surface area contributed by atoms with Crippen molar-refractivity contribution in [2.24, 2.45) is 17.2 Å². The standard InChI is InChI=1S/C43H65N11O13/c1-25(49-38(62)29(46)23-55)37(61)51-30(11-5-7-17-44)42(66)54-34(24-56)43(67)52-31(12-6-8-18-45)41(65)53-33(19-26-9-3-2-4-10-26)40(64)47-21-35(58)50-32(39(63)48-22-36(59)60)20-27-13-15-28(57)16-14-27/h2-4,9-10,13-16,25,29-34,55-57H,5-8,11-12,17-24,44-46H2,1H3,(H,47,64)(H,48,63)(H,49,62)(H,50,58)(H,51,61)(H,52,67)(H,53,65)(H,54,66)(H,59,60)/t25-,29-,30-,31-,32-,33-,34-/m0/s1. The van der Waals surface area contributed by atoms with Gasteiger partial charge in [0, 0.05) is 12.8 Å². The van der Waals surface area contributed by atoms with E-state index in [9.17, 15) is 53.4 Å². The lowest BCUT2D eigenvalue weighted by Crippen LogP contribution is -2.60. The highest BCUT2D eigenvalue weighted by atomic mass is 16.4. The molecule has 2 aromatic carbocycles. The molecule has 0 aliphatic carbocycles. The molecule has 7 atom stereocenters. The van der Waals surface area contributed by atoms with Crippen molar-refractivity contribution in [3.05, 3.63) is 65.7 Å². The second-order valence-corrected chi connectivity index (χ2v) is 15.5. The zero-order valence-electron chi connectivity index (χ0n) is 37.3. The Balaban J connectivity index is 2.26. The maximum Gasteiger partial charge on any atom is 0.322 e. The highest BCUT2D eigenvalue weighted by Crippen LogP contribution is 2.12. The maximum absolute atomic E-state index is 14.0. The first kappa shape index (κ1) is 56.4. The third kappa shape index (κ3) is 21.4. The molecule has 0 radical (unpaired) electrons. The number of carboxylic acids is 1. The predicted octanol–water partition coefficient (Wildman–Crippen LogP) is -5.01. The topological polar surface area (TPSA) is 409 Å².